The van der Waals surface area contributed by atoms with Crippen LogP contribution in [-0.4, -0.2) is 13.7 Å². The van der Waals surface area contributed by atoms with Crippen LogP contribution in [0.5, 0.6) is 5.75 Å². The molecule has 1 N–H and O–H groups in total. The maximum atomic E-state index is 14.5. The minimum absolute atomic E-state index is 0.107. The maximum Gasteiger partial charge on any atom is 0.128 e. The number of aryl methyl sites for hydroxylation is 2. The summed E-state index contributed by atoms with van der Waals surface area (Å²) in [6, 6.07) is 9.54. The zero-order valence-corrected chi connectivity index (χ0v) is 12.7. The second kappa shape index (κ2) is 5.49. The van der Waals surface area contributed by atoms with Crippen molar-refractivity contribution in [3.05, 3.63) is 64.0 Å². The molecule has 0 bridgehead atoms. The number of ether oxygens (including phenoxy) is 1. The third-order valence-electron chi connectivity index (χ3n) is 4.19. The number of rotatable bonds is 2. The zero-order valence-electron chi connectivity index (χ0n) is 12.7. The Morgan fingerprint density at radius 2 is 2.05 bits per heavy atom. The van der Waals surface area contributed by atoms with Gasteiger partial charge >= 0.3 is 0 Å². The van der Waals surface area contributed by atoms with Crippen molar-refractivity contribution < 1.29 is 9.13 Å². The first kappa shape index (κ1) is 14.1. The first-order chi connectivity index (χ1) is 10.1. The van der Waals surface area contributed by atoms with Crippen LogP contribution in [0.2, 0.25) is 0 Å². The van der Waals surface area contributed by atoms with E-state index in [1.165, 1.54) is 5.56 Å². The van der Waals surface area contributed by atoms with Crippen LogP contribution in [0.1, 0.15) is 33.9 Å². The fourth-order valence-corrected chi connectivity index (χ4v) is 3.31. The van der Waals surface area contributed by atoms with E-state index in [4.69, 9.17) is 4.74 Å². The van der Waals surface area contributed by atoms with Gasteiger partial charge in [0.2, 0.25) is 0 Å². The average molecular weight is 285 g/mol. The lowest BCUT2D eigenvalue weighted by atomic mass is 9.86. The number of halogens is 1. The van der Waals surface area contributed by atoms with Crippen LogP contribution < -0.4 is 10.1 Å². The van der Waals surface area contributed by atoms with Crippen molar-refractivity contribution in [3.63, 3.8) is 0 Å². The van der Waals surface area contributed by atoms with Crippen LogP contribution in [0, 0.1) is 19.7 Å². The van der Waals surface area contributed by atoms with Gasteiger partial charge in [-0.15, -0.1) is 0 Å². The number of nitrogens with one attached hydrogen (secondary N) is 1. The van der Waals surface area contributed by atoms with Crippen molar-refractivity contribution in [1.82, 2.24) is 5.32 Å². The van der Waals surface area contributed by atoms with Crippen LogP contribution in [-0.2, 0) is 6.42 Å². The molecule has 0 aromatic heterocycles. The summed E-state index contributed by atoms with van der Waals surface area (Å²) in [5.41, 5.74) is 4.99. The second-order valence-corrected chi connectivity index (χ2v) is 5.64. The quantitative estimate of drug-likeness (QED) is 0.908. The van der Waals surface area contributed by atoms with Gasteiger partial charge in [0, 0.05) is 17.7 Å². The predicted molar refractivity (Wildman–Crippen MR) is 82.4 cm³/mol. The molecular weight excluding hydrogens is 265 g/mol. The summed E-state index contributed by atoms with van der Waals surface area (Å²) in [6.07, 6.45) is 0.905. The molecule has 110 valence electrons. The number of fused-ring (bicyclic) bond motifs is 1. The highest BCUT2D eigenvalue weighted by Gasteiger charge is 2.27. The lowest BCUT2D eigenvalue weighted by Gasteiger charge is -2.30. The van der Waals surface area contributed by atoms with Crippen molar-refractivity contribution in [2.24, 2.45) is 0 Å². The third-order valence-corrected chi connectivity index (χ3v) is 4.19. The molecule has 1 unspecified atom stereocenters. The lowest BCUT2D eigenvalue weighted by molar-refractivity contribution is 0.403. The molecule has 1 atom stereocenters. The molecule has 0 aliphatic carbocycles. The summed E-state index contributed by atoms with van der Waals surface area (Å²) in [7, 11) is 1.68. The molecule has 0 amide bonds. The molecule has 2 nitrogen and oxygen atoms in total. The Balaban J connectivity index is 2.15. The second-order valence-electron chi connectivity index (χ2n) is 5.64. The molecule has 1 aliphatic rings. The van der Waals surface area contributed by atoms with Gasteiger partial charge in [-0.25, -0.2) is 4.39 Å². The summed E-state index contributed by atoms with van der Waals surface area (Å²) >= 11 is 0. The molecule has 21 heavy (non-hydrogen) atoms. The van der Waals surface area contributed by atoms with E-state index < -0.39 is 0 Å². The molecule has 3 heteroatoms. The predicted octanol–water partition coefficient (Wildman–Crippen LogP) is 3.69. The summed E-state index contributed by atoms with van der Waals surface area (Å²) in [6.45, 7) is 4.72. The Bertz CT molecular complexity index is 658. The minimum atomic E-state index is -0.138. The SMILES string of the molecule is COc1cccc2c1CCNC2c1c(C)cc(C)cc1F. The van der Waals surface area contributed by atoms with E-state index in [0.717, 1.165) is 41.0 Å². The van der Waals surface area contributed by atoms with Crippen LogP contribution >= 0.6 is 0 Å². The molecule has 0 radical (unpaired) electrons. The number of hydrogen-bond donors (Lipinski definition) is 1. The van der Waals surface area contributed by atoms with Gasteiger partial charge in [0.25, 0.3) is 0 Å². The highest BCUT2D eigenvalue weighted by molar-refractivity contribution is 5.49. The van der Waals surface area contributed by atoms with Crippen LogP contribution in [0.4, 0.5) is 4.39 Å². The van der Waals surface area contributed by atoms with E-state index in [1.54, 1.807) is 13.2 Å². The molecule has 3 rings (SSSR count). The van der Waals surface area contributed by atoms with E-state index in [9.17, 15) is 4.39 Å². The van der Waals surface area contributed by atoms with Gasteiger partial charge < -0.3 is 10.1 Å². The maximum absolute atomic E-state index is 14.5. The molecule has 0 fully saturated rings. The van der Waals surface area contributed by atoms with E-state index in [2.05, 4.69) is 11.4 Å². The third kappa shape index (κ3) is 2.42. The van der Waals surface area contributed by atoms with Gasteiger partial charge in [0.15, 0.2) is 0 Å². The molecule has 2 aromatic carbocycles. The van der Waals surface area contributed by atoms with E-state index in [1.807, 2.05) is 32.0 Å². The molecule has 0 saturated heterocycles. The van der Waals surface area contributed by atoms with Gasteiger partial charge in [0.1, 0.15) is 11.6 Å². The molecule has 1 aliphatic heterocycles. The van der Waals surface area contributed by atoms with Crippen molar-refractivity contribution >= 4 is 0 Å². The fraction of sp³-hybridized carbons (Fsp3) is 0.333. The Morgan fingerprint density at radius 1 is 1.24 bits per heavy atom. The minimum Gasteiger partial charge on any atom is -0.496 e. The molecular formula is C18H20FNO. The largest absolute Gasteiger partial charge is 0.496 e. The van der Waals surface area contributed by atoms with Gasteiger partial charge in [-0.2, -0.15) is 0 Å². The van der Waals surface area contributed by atoms with Crippen molar-refractivity contribution in [2.75, 3.05) is 13.7 Å². The van der Waals surface area contributed by atoms with E-state index in [0.29, 0.717) is 0 Å². The van der Waals surface area contributed by atoms with Gasteiger partial charge in [-0.05, 0) is 49.1 Å². The van der Waals surface area contributed by atoms with Crippen LogP contribution in [0.15, 0.2) is 30.3 Å². The topological polar surface area (TPSA) is 21.3 Å². The van der Waals surface area contributed by atoms with Gasteiger partial charge in [0.05, 0.1) is 13.2 Å². The number of hydrogen-bond acceptors (Lipinski definition) is 2. The number of methoxy groups -OCH3 is 1. The summed E-state index contributed by atoms with van der Waals surface area (Å²) in [5.74, 6) is 0.754. The summed E-state index contributed by atoms with van der Waals surface area (Å²) < 4.78 is 20.0. The highest BCUT2D eigenvalue weighted by Crippen LogP contribution is 2.36. The first-order valence-electron chi connectivity index (χ1n) is 7.27. The van der Waals surface area contributed by atoms with E-state index in [-0.39, 0.29) is 11.9 Å². The van der Waals surface area contributed by atoms with Crippen molar-refractivity contribution in [2.45, 2.75) is 26.3 Å². The van der Waals surface area contributed by atoms with Crippen molar-refractivity contribution in [3.8, 4) is 5.75 Å². The van der Waals surface area contributed by atoms with Crippen molar-refractivity contribution in [1.29, 1.82) is 0 Å². The number of benzene rings is 2. The zero-order chi connectivity index (χ0) is 15.0. The fourth-order valence-electron chi connectivity index (χ4n) is 3.31. The monoisotopic (exact) mass is 285 g/mol. The highest BCUT2D eigenvalue weighted by atomic mass is 19.1. The molecule has 1 heterocycles. The normalized spacial score (nSPS) is 17.4. The summed E-state index contributed by atoms with van der Waals surface area (Å²) in [4.78, 5) is 0. The Labute approximate surface area is 125 Å². The Kier molecular flexibility index (Phi) is 3.68. The smallest absolute Gasteiger partial charge is 0.128 e. The van der Waals surface area contributed by atoms with Gasteiger partial charge in [-0.1, -0.05) is 18.2 Å². The first-order valence-corrected chi connectivity index (χ1v) is 7.27. The molecule has 0 spiro atoms. The van der Waals surface area contributed by atoms with Crippen LogP contribution in [0.3, 0.4) is 0 Å². The van der Waals surface area contributed by atoms with Crippen LogP contribution in [0.25, 0.3) is 0 Å². The standard InChI is InChI=1S/C18H20FNO/c1-11-9-12(2)17(15(19)10-11)18-14-5-4-6-16(21-3)13(14)7-8-20-18/h4-6,9-10,18,20H,7-8H2,1-3H3. The lowest BCUT2D eigenvalue weighted by Crippen LogP contribution is -2.32. The average Bonchev–Trinajstić information content (AvgIpc) is 2.45. The Morgan fingerprint density at radius 3 is 2.76 bits per heavy atom. The van der Waals surface area contributed by atoms with E-state index >= 15 is 0 Å². The summed E-state index contributed by atoms with van der Waals surface area (Å²) in [5, 5.41) is 3.45. The van der Waals surface area contributed by atoms with Gasteiger partial charge in [-0.3, -0.25) is 0 Å². The Hall–Kier alpha value is -1.87. The molecule has 2 aromatic rings. The molecule has 0 saturated carbocycles.